The van der Waals surface area contributed by atoms with E-state index in [0.29, 0.717) is 26.1 Å². The van der Waals surface area contributed by atoms with Crippen molar-refractivity contribution in [2.24, 2.45) is 0 Å². The smallest absolute Gasteiger partial charge is 0.317 e. The van der Waals surface area contributed by atoms with Crippen molar-refractivity contribution in [2.45, 2.75) is 32.1 Å². The lowest BCUT2D eigenvalue weighted by Crippen LogP contribution is -2.52. The normalized spacial score (nSPS) is 18.6. The molecule has 3 rings (SSSR count). The molecule has 26 heavy (non-hydrogen) atoms. The number of likely N-dealkylation sites (tertiary alicyclic amines) is 1. The summed E-state index contributed by atoms with van der Waals surface area (Å²) in [6.07, 6.45) is 6.53. The molecule has 1 aromatic rings. The molecule has 0 saturated carbocycles. The second-order valence-corrected chi connectivity index (χ2v) is 6.94. The number of pyridine rings is 1. The molecular weight excluding hydrogens is 330 g/mol. The number of carbonyl (C=O) groups is 2. The maximum Gasteiger partial charge on any atom is 0.317 e. The van der Waals surface area contributed by atoms with Gasteiger partial charge in [-0.25, -0.2) is 9.78 Å². The Kier molecular flexibility index (Phi) is 6.68. The Labute approximate surface area is 155 Å². The highest BCUT2D eigenvalue weighted by atomic mass is 16.2. The van der Waals surface area contributed by atoms with E-state index in [9.17, 15) is 9.59 Å². The van der Waals surface area contributed by atoms with Crippen molar-refractivity contribution in [1.29, 1.82) is 0 Å². The molecule has 2 fully saturated rings. The minimum atomic E-state index is -0.00661. The Bertz CT molecular complexity index is 587. The Morgan fingerprint density at radius 3 is 2.69 bits per heavy atom. The zero-order valence-corrected chi connectivity index (χ0v) is 15.4. The highest BCUT2D eigenvalue weighted by Gasteiger charge is 2.21. The maximum atomic E-state index is 12.3. The van der Waals surface area contributed by atoms with Crippen LogP contribution in [0.25, 0.3) is 0 Å². The predicted molar refractivity (Wildman–Crippen MR) is 101 cm³/mol. The highest BCUT2D eigenvalue weighted by Crippen LogP contribution is 2.13. The fourth-order valence-electron chi connectivity index (χ4n) is 3.53. The molecule has 3 amide bonds. The first-order valence-corrected chi connectivity index (χ1v) is 9.70. The average molecular weight is 359 g/mol. The van der Waals surface area contributed by atoms with E-state index in [4.69, 9.17) is 0 Å². The van der Waals surface area contributed by atoms with E-state index in [0.717, 1.165) is 57.7 Å². The summed E-state index contributed by atoms with van der Waals surface area (Å²) in [5.41, 5.74) is 0. The summed E-state index contributed by atoms with van der Waals surface area (Å²) in [5, 5.41) is 2.99. The van der Waals surface area contributed by atoms with Crippen molar-refractivity contribution in [3.8, 4) is 0 Å². The average Bonchev–Trinajstić information content (AvgIpc) is 2.90. The summed E-state index contributed by atoms with van der Waals surface area (Å²) in [4.78, 5) is 34.6. The predicted octanol–water partition coefficient (Wildman–Crippen LogP) is 1.71. The van der Waals surface area contributed by atoms with E-state index in [1.807, 2.05) is 28.0 Å². The summed E-state index contributed by atoms with van der Waals surface area (Å²) in [7, 11) is 0. The van der Waals surface area contributed by atoms with Crippen molar-refractivity contribution in [3.05, 3.63) is 24.4 Å². The van der Waals surface area contributed by atoms with Crippen molar-refractivity contribution < 1.29 is 9.59 Å². The Hall–Kier alpha value is -2.31. The zero-order chi connectivity index (χ0) is 18.2. The van der Waals surface area contributed by atoms with Crippen LogP contribution in [-0.2, 0) is 4.79 Å². The minimum Gasteiger partial charge on any atom is -0.353 e. The van der Waals surface area contributed by atoms with Crippen molar-refractivity contribution in [2.75, 3.05) is 50.7 Å². The van der Waals surface area contributed by atoms with Gasteiger partial charge in [-0.15, -0.1) is 0 Å². The van der Waals surface area contributed by atoms with Gasteiger partial charge in [-0.1, -0.05) is 12.5 Å². The number of carbonyl (C=O) groups excluding carboxylic acids is 2. The SMILES string of the molecule is O=C1CCCCCN1CCCNC(=O)N1CCN(c2ccccn2)CC1. The number of urea groups is 1. The topological polar surface area (TPSA) is 68.8 Å². The molecule has 0 unspecified atom stereocenters. The number of piperazine rings is 1. The van der Waals surface area contributed by atoms with Gasteiger partial charge in [0.2, 0.25) is 5.91 Å². The van der Waals surface area contributed by atoms with Crippen LogP contribution in [0.5, 0.6) is 0 Å². The van der Waals surface area contributed by atoms with Crippen LogP contribution in [0, 0.1) is 0 Å². The van der Waals surface area contributed by atoms with Gasteiger partial charge in [0.15, 0.2) is 0 Å². The first kappa shape index (κ1) is 18.5. The number of amides is 3. The summed E-state index contributed by atoms with van der Waals surface area (Å²) >= 11 is 0. The lowest BCUT2D eigenvalue weighted by molar-refractivity contribution is -0.130. The maximum absolute atomic E-state index is 12.3. The first-order valence-electron chi connectivity index (χ1n) is 9.70. The van der Waals surface area contributed by atoms with Crippen molar-refractivity contribution in [3.63, 3.8) is 0 Å². The third kappa shape index (κ3) is 5.09. The number of anilines is 1. The third-order valence-electron chi connectivity index (χ3n) is 5.09. The summed E-state index contributed by atoms with van der Waals surface area (Å²) in [5.74, 6) is 1.23. The third-order valence-corrected chi connectivity index (χ3v) is 5.09. The van der Waals surface area contributed by atoms with E-state index in [1.54, 1.807) is 6.20 Å². The largest absolute Gasteiger partial charge is 0.353 e. The van der Waals surface area contributed by atoms with E-state index >= 15 is 0 Å². The van der Waals surface area contributed by atoms with Crippen LogP contribution >= 0.6 is 0 Å². The molecule has 2 saturated heterocycles. The van der Waals surface area contributed by atoms with Crippen LogP contribution in [0.1, 0.15) is 32.1 Å². The molecule has 0 aliphatic carbocycles. The second-order valence-electron chi connectivity index (χ2n) is 6.94. The number of rotatable bonds is 5. The van der Waals surface area contributed by atoms with Crippen molar-refractivity contribution >= 4 is 17.8 Å². The van der Waals surface area contributed by atoms with Gasteiger partial charge in [-0.3, -0.25) is 4.79 Å². The number of hydrogen-bond acceptors (Lipinski definition) is 4. The van der Waals surface area contributed by atoms with Crippen LogP contribution in [0.2, 0.25) is 0 Å². The molecule has 0 atom stereocenters. The van der Waals surface area contributed by atoms with Gasteiger partial charge in [0, 0.05) is 58.4 Å². The molecule has 1 N–H and O–H groups in total. The molecule has 0 spiro atoms. The Morgan fingerprint density at radius 1 is 1.08 bits per heavy atom. The molecule has 3 heterocycles. The van der Waals surface area contributed by atoms with Crippen LogP contribution in [-0.4, -0.2) is 72.5 Å². The number of nitrogens with zero attached hydrogens (tertiary/aromatic N) is 4. The van der Waals surface area contributed by atoms with Gasteiger partial charge >= 0.3 is 6.03 Å². The van der Waals surface area contributed by atoms with Crippen LogP contribution < -0.4 is 10.2 Å². The van der Waals surface area contributed by atoms with Gasteiger partial charge in [-0.2, -0.15) is 0 Å². The highest BCUT2D eigenvalue weighted by molar-refractivity contribution is 5.76. The fraction of sp³-hybridized carbons (Fsp3) is 0.632. The standard InChI is InChI=1S/C19H29N5O2/c25-18-8-2-1-5-11-23(18)12-6-10-21-19(26)24-15-13-22(14-16-24)17-7-3-4-9-20-17/h3-4,7,9H,1-2,5-6,8,10-16H2,(H,21,26). The summed E-state index contributed by atoms with van der Waals surface area (Å²) in [6, 6.07) is 5.88. The summed E-state index contributed by atoms with van der Waals surface area (Å²) < 4.78 is 0. The minimum absolute atomic E-state index is 0.00661. The van der Waals surface area contributed by atoms with Gasteiger partial charge in [0.25, 0.3) is 0 Å². The lowest BCUT2D eigenvalue weighted by atomic mass is 10.2. The monoisotopic (exact) mass is 359 g/mol. The molecule has 0 aromatic carbocycles. The molecular formula is C19H29N5O2. The van der Waals surface area contributed by atoms with Gasteiger partial charge in [0.05, 0.1) is 0 Å². The fourth-order valence-corrected chi connectivity index (χ4v) is 3.53. The molecule has 142 valence electrons. The molecule has 2 aliphatic rings. The first-order chi connectivity index (χ1) is 12.7. The number of hydrogen-bond donors (Lipinski definition) is 1. The molecule has 7 nitrogen and oxygen atoms in total. The number of aromatic nitrogens is 1. The van der Waals surface area contributed by atoms with Gasteiger partial charge < -0.3 is 20.0 Å². The Balaban J connectivity index is 1.33. The molecule has 0 bridgehead atoms. The van der Waals surface area contributed by atoms with E-state index in [-0.39, 0.29) is 11.9 Å². The quantitative estimate of drug-likeness (QED) is 0.813. The zero-order valence-electron chi connectivity index (χ0n) is 15.4. The molecule has 1 aromatic heterocycles. The summed E-state index contributed by atoms with van der Waals surface area (Å²) in [6.45, 7) is 5.22. The molecule has 7 heteroatoms. The molecule has 2 aliphatic heterocycles. The van der Waals surface area contributed by atoms with Crippen LogP contribution in [0.15, 0.2) is 24.4 Å². The van der Waals surface area contributed by atoms with Gasteiger partial charge in [-0.05, 0) is 31.4 Å². The van der Waals surface area contributed by atoms with Crippen LogP contribution in [0.4, 0.5) is 10.6 Å². The van der Waals surface area contributed by atoms with E-state index in [1.165, 1.54) is 0 Å². The second kappa shape index (κ2) is 9.40. The van der Waals surface area contributed by atoms with Crippen LogP contribution in [0.3, 0.4) is 0 Å². The molecule has 0 radical (unpaired) electrons. The Morgan fingerprint density at radius 2 is 1.92 bits per heavy atom. The van der Waals surface area contributed by atoms with Crippen molar-refractivity contribution in [1.82, 2.24) is 20.1 Å². The van der Waals surface area contributed by atoms with E-state index in [2.05, 4.69) is 15.2 Å². The van der Waals surface area contributed by atoms with Gasteiger partial charge in [0.1, 0.15) is 5.82 Å². The number of nitrogens with one attached hydrogen (secondary N) is 1. The van der Waals surface area contributed by atoms with E-state index < -0.39 is 0 Å². The lowest BCUT2D eigenvalue weighted by Gasteiger charge is -2.35.